The third-order valence-corrected chi connectivity index (χ3v) is 2.89. The van der Waals surface area contributed by atoms with Gasteiger partial charge in [0.05, 0.1) is 0 Å². The molecule has 3 N–H and O–H groups in total. The van der Waals surface area contributed by atoms with Gasteiger partial charge in [0.2, 0.25) is 5.91 Å². The number of hydrogen-bond donors (Lipinski definition) is 2. The minimum absolute atomic E-state index is 0.132. The van der Waals surface area contributed by atoms with Gasteiger partial charge in [-0.25, -0.2) is 0 Å². The van der Waals surface area contributed by atoms with E-state index in [0.29, 0.717) is 6.42 Å². The van der Waals surface area contributed by atoms with Gasteiger partial charge in [0.1, 0.15) is 0 Å². The fourth-order valence-corrected chi connectivity index (χ4v) is 1.92. The van der Waals surface area contributed by atoms with Crippen molar-refractivity contribution in [1.82, 2.24) is 5.32 Å². The monoisotopic (exact) mass is 198 g/mol. The zero-order chi connectivity index (χ0) is 10.4. The Kier molecular flexibility index (Phi) is 4.94. The number of carbonyl (C=O) groups is 1. The van der Waals surface area contributed by atoms with Crippen LogP contribution in [0.15, 0.2) is 0 Å². The molecule has 0 aromatic rings. The molecule has 1 aliphatic rings. The van der Waals surface area contributed by atoms with E-state index in [9.17, 15) is 4.79 Å². The second-order valence-electron chi connectivity index (χ2n) is 4.47. The summed E-state index contributed by atoms with van der Waals surface area (Å²) in [7, 11) is 0. The number of nitrogens with one attached hydrogen (secondary N) is 1. The number of carbonyl (C=O) groups excluding carboxylic acids is 1. The summed E-state index contributed by atoms with van der Waals surface area (Å²) in [4.78, 5) is 11.3. The quantitative estimate of drug-likeness (QED) is 0.702. The molecule has 1 unspecified atom stereocenters. The molecule has 1 aliphatic carbocycles. The van der Waals surface area contributed by atoms with Crippen molar-refractivity contribution >= 4 is 5.91 Å². The van der Waals surface area contributed by atoms with E-state index in [-0.39, 0.29) is 11.9 Å². The fourth-order valence-electron chi connectivity index (χ4n) is 1.92. The van der Waals surface area contributed by atoms with Gasteiger partial charge in [-0.15, -0.1) is 0 Å². The highest BCUT2D eigenvalue weighted by atomic mass is 16.1. The van der Waals surface area contributed by atoms with Crippen molar-refractivity contribution in [3.63, 3.8) is 0 Å². The lowest BCUT2D eigenvalue weighted by atomic mass is 10.1. The Morgan fingerprint density at radius 3 is 2.71 bits per heavy atom. The predicted molar refractivity (Wildman–Crippen MR) is 57.9 cm³/mol. The topological polar surface area (TPSA) is 55.1 Å². The Labute approximate surface area is 86.4 Å². The number of hydrogen-bond acceptors (Lipinski definition) is 2. The van der Waals surface area contributed by atoms with E-state index in [4.69, 9.17) is 5.73 Å². The molecule has 3 nitrogen and oxygen atoms in total. The Balaban J connectivity index is 2.02. The minimum atomic E-state index is 0.132. The summed E-state index contributed by atoms with van der Waals surface area (Å²) in [5, 5.41) is 2.99. The highest BCUT2D eigenvalue weighted by Crippen LogP contribution is 2.23. The van der Waals surface area contributed by atoms with Gasteiger partial charge >= 0.3 is 0 Å². The second kappa shape index (κ2) is 6.02. The molecule has 0 aromatic heterocycles. The normalized spacial score (nSPS) is 19.6. The lowest BCUT2D eigenvalue weighted by molar-refractivity contribution is -0.121. The van der Waals surface area contributed by atoms with Gasteiger partial charge in [-0.3, -0.25) is 4.79 Å². The average molecular weight is 198 g/mol. The summed E-state index contributed by atoms with van der Waals surface area (Å²) in [6.45, 7) is 2.81. The van der Waals surface area contributed by atoms with Gasteiger partial charge in [0.25, 0.3) is 0 Å². The van der Waals surface area contributed by atoms with Crippen LogP contribution in [0.3, 0.4) is 0 Å². The van der Waals surface area contributed by atoms with Crippen LogP contribution in [0.5, 0.6) is 0 Å². The lowest BCUT2D eigenvalue weighted by Gasteiger charge is -2.11. The first-order valence-corrected chi connectivity index (χ1v) is 5.70. The summed E-state index contributed by atoms with van der Waals surface area (Å²) in [5.74, 6) is 0.892. The molecule has 0 spiro atoms. The maximum Gasteiger partial charge on any atom is 0.220 e. The van der Waals surface area contributed by atoms with Crippen molar-refractivity contribution in [1.29, 1.82) is 0 Å². The van der Waals surface area contributed by atoms with Crippen LogP contribution in [0.4, 0.5) is 0 Å². The van der Waals surface area contributed by atoms with Crippen LogP contribution in [-0.4, -0.2) is 18.5 Å². The van der Waals surface area contributed by atoms with Crippen molar-refractivity contribution in [2.24, 2.45) is 11.7 Å². The molecular weight excluding hydrogens is 176 g/mol. The molecule has 1 rings (SSSR count). The molecule has 1 atom stereocenters. The van der Waals surface area contributed by atoms with E-state index in [1.54, 1.807) is 0 Å². The number of amides is 1. The molecule has 0 heterocycles. The van der Waals surface area contributed by atoms with E-state index in [2.05, 4.69) is 5.32 Å². The van der Waals surface area contributed by atoms with E-state index in [1.165, 1.54) is 25.7 Å². The van der Waals surface area contributed by atoms with Gasteiger partial charge in [-0.05, 0) is 32.1 Å². The van der Waals surface area contributed by atoms with Gasteiger partial charge in [-0.2, -0.15) is 0 Å². The standard InChI is InChI=1S/C11H22N2O/c1-9(12)6-7-11(14)13-8-10-4-2-3-5-10/h9-10H,2-8,12H2,1H3,(H,13,14). The molecule has 14 heavy (non-hydrogen) atoms. The Morgan fingerprint density at radius 1 is 1.50 bits per heavy atom. The Morgan fingerprint density at radius 2 is 2.14 bits per heavy atom. The van der Waals surface area contributed by atoms with Gasteiger partial charge in [0.15, 0.2) is 0 Å². The average Bonchev–Trinajstić information content (AvgIpc) is 2.63. The maximum atomic E-state index is 11.3. The molecule has 1 amide bonds. The third kappa shape index (κ3) is 4.61. The maximum absolute atomic E-state index is 11.3. The van der Waals surface area contributed by atoms with Crippen LogP contribution in [0.2, 0.25) is 0 Å². The van der Waals surface area contributed by atoms with Crippen LogP contribution in [0.25, 0.3) is 0 Å². The van der Waals surface area contributed by atoms with Crippen molar-refractivity contribution in [2.45, 2.75) is 51.5 Å². The van der Waals surface area contributed by atoms with Gasteiger partial charge in [0, 0.05) is 19.0 Å². The highest BCUT2D eigenvalue weighted by Gasteiger charge is 2.15. The number of rotatable bonds is 5. The molecule has 1 saturated carbocycles. The second-order valence-corrected chi connectivity index (χ2v) is 4.47. The lowest BCUT2D eigenvalue weighted by Crippen LogP contribution is -2.29. The zero-order valence-electron chi connectivity index (χ0n) is 9.09. The van der Waals surface area contributed by atoms with Crippen molar-refractivity contribution < 1.29 is 4.79 Å². The first-order chi connectivity index (χ1) is 6.68. The summed E-state index contributed by atoms with van der Waals surface area (Å²) >= 11 is 0. The van der Waals surface area contributed by atoms with Crippen LogP contribution in [0.1, 0.15) is 45.4 Å². The largest absolute Gasteiger partial charge is 0.356 e. The van der Waals surface area contributed by atoms with E-state index < -0.39 is 0 Å². The van der Waals surface area contributed by atoms with Crippen molar-refractivity contribution in [3.8, 4) is 0 Å². The van der Waals surface area contributed by atoms with E-state index >= 15 is 0 Å². The molecule has 0 aromatic carbocycles. The molecule has 0 radical (unpaired) electrons. The van der Waals surface area contributed by atoms with Crippen LogP contribution in [-0.2, 0) is 4.79 Å². The van der Waals surface area contributed by atoms with E-state index in [1.807, 2.05) is 6.92 Å². The van der Waals surface area contributed by atoms with Crippen LogP contribution >= 0.6 is 0 Å². The van der Waals surface area contributed by atoms with Gasteiger partial charge < -0.3 is 11.1 Å². The van der Waals surface area contributed by atoms with Gasteiger partial charge in [-0.1, -0.05) is 12.8 Å². The molecule has 1 fully saturated rings. The Bertz CT molecular complexity index is 174. The van der Waals surface area contributed by atoms with Crippen molar-refractivity contribution in [2.75, 3.05) is 6.54 Å². The third-order valence-electron chi connectivity index (χ3n) is 2.89. The summed E-state index contributed by atoms with van der Waals surface area (Å²) in [6.07, 6.45) is 6.60. The first kappa shape index (κ1) is 11.5. The molecule has 3 heteroatoms. The molecule has 82 valence electrons. The number of nitrogens with two attached hydrogens (primary N) is 1. The summed E-state index contributed by atoms with van der Waals surface area (Å²) in [5.41, 5.74) is 5.58. The van der Waals surface area contributed by atoms with E-state index in [0.717, 1.165) is 18.9 Å². The Hall–Kier alpha value is -0.570. The first-order valence-electron chi connectivity index (χ1n) is 5.70. The summed E-state index contributed by atoms with van der Waals surface area (Å²) in [6, 6.07) is 0.132. The smallest absolute Gasteiger partial charge is 0.220 e. The summed E-state index contributed by atoms with van der Waals surface area (Å²) < 4.78 is 0. The minimum Gasteiger partial charge on any atom is -0.356 e. The fraction of sp³-hybridized carbons (Fsp3) is 0.909. The molecule has 0 aliphatic heterocycles. The molecular formula is C11H22N2O. The van der Waals surface area contributed by atoms with Crippen LogP contribution in [0, 0.1) is 5.92 Å². The molecule has 0 saturated heterocycles. The SMILES string of the molecule is CC(N)CCC(=O)NCC1CCCC1. The van der Waals surface area contributed by atoms with Crippen molar-refractivity contribution in [3.05, 3.63) is 0 Å². The predicted octanol–water partition coefficient (Wildman–Crippen LogP) is 1.42. The zero-order valence-corrected chi connectivity index (χ0v) is 9.09. The highest BCUT2D eigenvalue weighted by molar-refractivity contribution is 5.75. The molecule has 0 bridgehead atoms. The van der Waals surface area contributed by atoms with Crippen LogP contribution < -0.4 is 11.1 Å².